The van der Waals surface area contributed by atoms with Crippen LogP contribution >= 0.6 is 0 Å². The predicted octanol–water partition coefficient (Wildman–Crippen LogP) is 16.8. The second kappa shape index (κ2) is 37.0. The third kappa shape index (κ3) is 28.5. The first-order chi connectivity index (χ1) is 24.2. The molecule has 2 unspecified atom stereocenters. The van der Waals surface area contributed by atoms with E-state index in [1.54, 1.807) is 0 Å². The van der Waals surface area contributed by atoms with Gasteiger partial charge in [-0.15, -0.1) is 0 Å². The van der Waals surface area contributed by atoms with Gasteiger partial charge in [0.1, 0.15) is 12.4 Å². The van der Waals surface area contributed by atoms with E-state index in [2.05, 4.69) is 49.6 Å². The molecule has 2 atom stereocenters. The minimum Gasteiger partial charge on any atom is -0.247 e. The molecule has 1 aromatic heterocycles. The lowest BCUT2D eigenvalue weighted by molar-refractivity contribution is -0.727. The van der Waals surface area contributed by atoms with Gasteiger partial charge < -0.3 is 0 Å². The molecule has 1 rings (SSSR count). The number of aromatic amines is 1. The summed E-state index contributed by atoms with van der Waals surface area (Å²) in [5.41, 5.74) is 0. The van der Waals surface area contributed by atoms with E-state index in [-0.39, 0.29) is 0 Å². The molecular formula is C47H93N2+. The molecule has 0 aliphatic heterocycles. The Labute approximate surface area is 310 Å². The number of nitrogens with zero attached hydrogens (tertiary/aromatic N) is 1. The maximum atomic E-state index is 3.76. The van der Waals surface area contributed by atoms with Crippen LogP contribution in [-0.4, -0.2) is 4.98 Å². The molecule has 1 heterocycles. The van der Waals surface area contributed by atoms with E-state index in [9.17, 15) is 0 Å². The topological polar surface area (TPSA) is 19.7 Å². The van der Waals surface area contributed by atoms with Crippen molar-refractivity contribution in [3.8, 4) is 0 Å². The number of unbranched alkanes of at least 4 members (excludes halogenated alkanes) is 32. The fraction of sp³-hybridized carbons (Fsp3) is 0.936. The Morgan fingerprint density at radius 2 is 0.653 bits per heavy atom. The fourth-order valence-electron chi connectivity index (χ4n) is 8.20. The van der Waals surface area contributed by atoms with Crippen LogP contribution in [0.4, 0.5) is 0 Å². The molecule has 0 amide bonds. The highest BCUT2D eigenvalue weighted by atomic mass is 15.1. The number of hydrogen-bond acceptors (Lipinski definition) is 0. The molecule has 2 nitrogen and oxygen atoms in total. The normalized spacial score (nSPS) is 13.0. The van der Waals surface area contributed by atoms with Crippen LogP contribution in [0.15, 0.2) is 12.4 Å². The molecular weight excluding hydrogens is 593 g/mol. The van der Waals surface area contributed by atoms with Crippen LogP contribution in [-0.2, 0) is 0 Å². The summed E-state index contributed by atoms with van der Waals surface area (Å²) < 4.78 is 2.65. The summed E-state index contributed by atoms with van der Waals surface area (Å²) in [5.74, 6) is 2.25. The first kappa shape index (κ1) is 46.2. The maximum Gasteiger partial charge on any atom is 0.257 e. The molecule has 0 aliphatic rings. The Morgan fingerprint density at radius 1 is 0.388 bits per heavy atom. The highest BCUT2D eigenvalue weighted by Gasteiger charge is 2.25. The Kier molecular flexibility index (Phi) is 34.9. The van der Waals surface area contributed by atoms with Gasteiger partial charge in [-0.3, -0.25) is 0 Å². The van der Waals surface area contributed by atoms with Gasteiger partial charge in [0, 0.05) is 0 Å². The molecule has 0 bridgehead atoms. The molecule has 0 saturated heterocycles. The zero-order valence-corrected chi connectivity index (χ0v) is 34.6. The molecule has 290 valence electrons. The average molecular weight is 686 g/mol. The zero-order chi connectivity index (χ0) is 35.3. The first-order valence-corrected chi connectivity index (χ1v) is 23.3. The fourth-order valence-corrected chi connectivity index (χ4v) is 8.20. The maximum absolute atomic E-state index is 3.76. The second-order valence-corrected chi connectivity index (χ2v) is 16.5. The van der Waals surface area contributed by atoms with Gasteiger partial charge in [0.25, 0.3) is 5.82 Å². The predicted molar refractivity (Wildman–Crippen MR) is 221 cm³/mol. The van der Waals surface area contributed by atoms with Crippen molar-refractivity contribution in [3.05, 3.63) is 18.2 Å². The van der Waals surface area contributed by atoms with Gasteiger partial charge in [-0.2, -0.15) is 0 Å². The van der Waals surface area contributed by atoms with Crippen LogP contribution < -0.4 is 4.57 Å². The minimum absolute atomic E-state index is 0.617. The number of rotatable bonds is 40. The summed E-state index contributed by atoms with van der Waals surface area (Å²) in [6, 6.07) is 0.617. The summed E-state index contributed by atoms with van der Waals surface area (Å²) in [6.07, 6.45) is 59.1. The summed E-state index contributed by atoms with van der Waals surface area (Å²) in [7, 11) is 0. The van der Waals surface area contributed by atoms with Crippen LogP contribution in [0.25, 0.3) is 0 Å². The van der Waals surface area contributed by atoms with Crippen LogP contribution in [0.1, 0.15) is 289 Å². The largest absolute Gasteiger partial charge is 0.257 e. The smallest absolute Gasteiger partial charge is 0.247 e. The van der Waals surface area contributed by atoms with E-state index in [0.717, 1.165) is 0 Å². The molecule has 1 aromatic rings. The highest BCUT2D eigenvalue weighted by molar-refractivity contribution is 4.90. The summed E-state index contributed by atoms with van der Waals surface area (Å²) >= 11 is 0. The van der Waals surface area contributed by atoms with Crippen molar-refractivity contribution in [2.45, 2.75) is 284 Å². The van der Waals surface area contributed by atoms with Crippen molar-refractivity contribution in [1.29, 1.82) is 0 Å². The van der Waals surface area contributed by atoms with Crippen molar-refractivity contribution >= 4 is 0 Å². The number of nitrogens with one attached hydrogen (secondary N) is 1. The van der Waals surface area contributed by atoms with Crippen molar-refractivity contribution in [2.24, 2.45) is 0 Å². The van der Waals surface area contributed by atoms with Gasteiger partial charge in [-0.05, 0) is 32.6 Å². The standard InChI is InChI=1S/C47H92N2/c1-5-8-11-14-17-19-21-23-25-26-28-30-32-34-37-40-45(4)49-44-43-48-47(49)46(41-38-35-16-13-10-7-3)42-39-36-33-31-29-27-24-22-20-18-15-12-9-6-2/h43-46H,5-42H2,1-4H3/p+1. The third-order valence-corrected chi connectivity index (χ3v) is 11.6. The molecule has 0 aliphatic carbocycles. The molecule has 0 saturated carbocycles. The van der Waals surface area contributed by atoms with Gasteiger partial charge in [0.2, 0.25) is 0 Å². The van der Waals surface area contributed by atoms with Crippen molar-refractivity contribution in [3.63, 3.8) is 0 Å². The van der Waals surface area contributed by atoms with Crippen LogP contribution in [0.2, 0.25) is 0 Å². The van der Waals surface area contributed by atoms with E-state index in [4.69, 9.17) is 0 Å². The van der Waals surface area contributed by atoms with Crippen LogP contribution in [0, 0.1) is 0 Å². The zero-order valence-electron chi connectivity index (χ0n) is 34.6. The molecule has 2 heteroatoms. The van der Waals surface area contributed by atoms with E-state index in [0.29, 0.717) is 12.0 Å². The molecule has 0 spiro atoms. The lowest BCUT2D eigenvalue weighted by Gasteiger charge is -2.17. The molecule has 0 aromatic carbocycles. The summed E-state index contributed by atoms with van der Waals surface area (Å²) in [6.45, 7) is 9.44. The highest BCUT2D eigenvalue weighted by Crippen LogP contribution is 2.27. The van der Waals surface area contributed by atoms with Gasteiger partial charge in [-0.25, -0.2) is 9.55 Å². The van der Waals surface area contributed by atoms with Gasteiger partial charge in [0.15, 0.2) is 0 Å². The van der Waals surface area contributed by atoms with E-state index >= 15 is 0 Å². The monoisotopic (exact) mass is 686 g/mol. The number of imidazole rings is 1. The summed E-state index contributed by atoms with van der Waals surface area (Å²) in [4.78, 5) is 3.76. The number of aromatic nitrogens is 2. The molecule has 1 N–H and O–H groups in total. The Bertz CT molecular complexity index is 753. The number of H-pyrrole nitrogens is 1. The van der Waals surface area contributed by atoms with E-state index in [1.807, 2.05) is 0 Å². The SMILES string of the molecule is CCCCCCCCCCCCCCCCCC(C)[n+]1cc[nH]c1C(CCCCCCCC)CCCCCCCCCCCCCCCC. The van der Waals surface area contributed by atoms with E-state index < -0.39 is 0 Å². The molecule has 0 radical (unpaired) electrons. The Hall–Kier alpha value is -0.790. The second-order valence-electron chi connectivity index (χ2n) is 16.5. The van der Waals surface area contributed by atoms with Crippen molar-refractivity contribution in [1.82, 2.24) is 4.98 Å². The number of hydrogen-bond donors (Lipinski definition) is 1. The quantitative estimate of drug-likeness (QED) is 0.0524. The Balaban J connectivity index is 2.27. The third-order valence-electron chi connectivity index (χ3n) is 11.6. The van der Waals surface area contributed by atoms with Crippen molar-refractivity contribution in [2.75, 3.05) is 0 Å². The molecule has 49 heavy (non-hydrogen) atoms. The minimum atomic E-state index is 0.617. The van der Waals surface area contributed by atoms with Gasteiger partial charge >= 0.3 is 0 Å². The van der Waals surface area contributed by atoms with Gasteiger partial charge in [0.05, 0.1) is 12.0 Å². The first-order valence-electron chi connectivity index (χ1n) is 23.3. The van der Waals surface area contributed by atoms with Gasteiger partial charge in [-0.1, -0.05) is 239 Å². The van der Waals surface area contributed by atoms with Crippen LogP contribution in [0.5, 0.6) is 0 Å². The molecule has 0 fully saturated rings. The lowest BCUT2D eigenvalue weighted by atomic mass is 9.92. The summed E-state index contributed by atoms with van der Waals surface area (Å²) in [5, 5.41) is 0. The van der Waals surface area contributed by atoms with Crippen molar-refractivity contribution < 1.29 is 4.57 Å². The average Bonchev–Trinajstić information content (AvgIpc) is 3.60. The van der Waals surface area contributed by atoms with Crippen LogP contribution in [0.3, 0.4) is 0 Å². The van der Waals surface area contributed by atoms with E-state index in [1.165, 1.54) is 250 Å². The lowest BCUT2D eigenvalue weighted by Crippen LogP contribution is -2.41. The Morgan fingerprint density at radius 3 is 0.959 bits per heavy atom.